The molecule has 0 aliphatic carbocycles. The van der Waals surface area contributed by atoms with Gasteiger partial charge in [-0.15, -0.1) is 0 Å². The summed E-state index contributed by atoms with van der Waals surface area (Å²) in [6.07, 6.45) is 0. The standard InChI is InChI=1S/C15H14FIN2O2/c16-10-1-6-13(14(17)9-10)15(20)19-11-2-4-12(5-3-11)21-8-7-18/h1-6,9H,7-8,18H2,(H,19,20). The van der Waals surface area contributed by atoms with Crippen molar-refractivity contribution in [3.05, 3.63) is 57.4 Å². The molecule has 0 bridgehead atoms. The number of amides is 1. The van der Waals surface area contributed by atoms with Crippen molar-refractivity contribution in [3.63, 3.8) is 0 Å². The molecule has 0 fully saturated rings. The number of anilines is 1. The van der Waals surface area contributed by atoms with Gasteiger partial charge < -0.3 is 15.8 Å². The monoisotopic (exact) mass is 400 g/mol. The third-order valence-corrected chi connectivity index (χ3v) is 3.57. The minimum atomic E-state index is -0.364. The molecule has 2 rings (SSSR count). The number of nitrogens with one attached hydrogen (secondary N) is 1. The highest BCUT2D eigenvalue weighted by atomic mass is 127. The van der Waals surface area contributed by atoms with Gasteiger partial charge in [-0.1, -0.05) is 0 Å². The Balaban J connectivity index is 2.05. The van der Waals surface area contributed by atoms with E-state index in [9.17, 15) is 9.18 Å². The zero-order valence-corrected chi connectivity index (χ0v) is 13.3. The summed E-state index contributed by atoms with van der Waals surface area (Å²) in [5.74, 6) is 0.0437. The van der Waals surface area contributed by atoms with Gasteiger partial charge in [0.05, 0.1) is 5.56 Å². The summed E-state index contributed by atoms with van der Waals surface area (Å²) < 4.78 is 18.9. The van der Waals surface area contributed by atoms with E-state index in [-0.39, 0.29) is 11.7 Å². The van der Waals surface area contributed by atoms with Crippen LogP contribution in [0.3, 0.4) is 0 Å². The van der Waals surface area contributed by atoms with Crippen LogP contribution in [0.2, 0.25) is 0 Å². The number of rotatable bonds is 5. The van der Waals surface area contributed by atoms with Gasteiger partial charge in [-0.3, -0.25) is 4.79 Å². The molecule has 0 atom stereocenters. The van der Waals surface area contributed by atoms with E-state index >= 15 is 0 Å². The Morgan fingerprint density at radius 1 is 1.24 bits per heavy atom. The van der Waals surface area contributed by atoms with E-state index < -0.39 is 0 Å². The predicted molar refractivity (Wildman–Crippen MR) is 88.1 cm³/mol. The van der Waals surface area contributed by atoms with Crippen molar-refractivity contribution in [2.45, 2.75) is 0 Å². The summed E-state index contributed by atoms with van der Waals surface area (Å²) in [6.45, 7) is 0.890. The summed E-state index contributed by atoms with van der Waals surface area (Å²) in [5, 5.41) is 2.76. The first-order valence-corrected chi connectivity index (χ1v) is 7.37. The Labute approximate surface area is 135 Å². The maximum atomic E-state index is 13.0. The number of hydrogen-bond acceptors (Lipinski definition) is 3. The molecule has 1 amide bonds. The van der Waals surface area contributed by atoms with Crippen LogP contribution in [0.25, 0.3) is 0 Å². The van der Waals surface area contributed by atoms with E-state index in [2.05, 4.69) is 5.32 Å². The number of halogens is 2. The van der Waals surface area contributed by atoms with E-state index in [0.717, 1.165) is 0 Å². The molecule has 0 aromatic heterocycles. The van der Waals surface area contributed by atoms with Crippen LogP contribution < -0.4 is 15.8 Å². The molecule has 0 heterocycles. The van der Waals surface area contributed by atoms with Crippen molar-refractivity contribution < 1.29 is 13.9 Å². The molecule has 0 spiro atoms. The number of carbonyl (C=O) groups excluding carboxylic acids is 1. The van der Waals surface area contributed by atoms with Crippen LogP contribution in [0, 0.1) is 9.39 Å². The van der Waals surface area contributed by atoms with E-state index in [4.69, 9.17) is 10.5 Å². The van der Waals surface area contributed by atoms with Gasteiger partial charge in [0.1, 0.15) is 18.2 Å². The minimum absolute atomic E-state index is 0.282. The van der Waals surface area contributed by atoms with Gasteiger partial charge >= 0.3 is 0 Å². The van der Waals surface area contributed by atoms with E-state index in [0.29, 0.717) is 33.7 Å². The first kappa shape index (κ1) is 15.7. The summed E-state index contributed by atoms with van der Waals surface area (Å²) >= 11 is 1.93. The van der Waals surface area contributed by atoms with Crippen molar-refractivity contribution in [1.82, 2.24) is 0 Å². The molecule has 110 valence electrons. The second-order valence-corrected chi connectivity index (χ2v) is 5.40. The lowest BCUT2D eigenvalue weighted by Gasteiger charge is -2.08. The van der Waals surface area contributed by atoms with Crippen LogP contribution in [0.15, 0.2) is 42.5 Å². The zero-order valence-electron chi connectivity index (χ0n) is 11.1. The van der Waals surface area contributed by atoms with Gasteiger partial charge in [-0.2, -0.15) is 0 Å². The molecular formula is C15H14FIN2O2. The third kappa shape index (κ3) is 4.40. The minimum Gasteiger partial charge on any atom is -0.492 e. The Morgan fingerprint density at radius 2 is 1.95 bits per heavy atom. The molecule has 2 aromatic rings. The van der Waals surface area contributed by atoms with E-state index in [1.165, 1.54) is 18.2 Å². The summed E-state index contributed by atoms with van der Waals surface area (Å²) in [7, 11) is 0. The average molecular weight is 400 g/mol. The van der Waals surface area contributed by atoms with Gasteiger partial charge in [0, 0.05) is 15.8 Å². The van der Waals surface area contributed by atoms with Crippen molar-refractivity contribution in [2.75, 3.05) is 18.5 Å². The fourth-order valence-electron chi connectivity index (χ4n) is 1.68. The van der Waals surface area contributed by atoms with E-state index in [1.807, 2.05) is 22.6 Å². The first-order chi connectivity index (χ1) is 10.1. The zero-order chi connectivity index (χ0) is 15.2. The van der Waals surface area contributed by atoms with Gasteiger partial charge in [0.25, 0.3) is 5.91 Å². The molecular weight excluding hydrogens is 386 g/mol. The predicted octanol–water partition coefficient (Wildman–Crippen LogP) is 3.02. The lowest BCUT2D eigenvalue weighted by atomic mass is 10.2. The van der Waals surface area contributed by atoms with Crippen LogP contribution in [-0.2, 0) is 0 Å². The first-order valence-electron chi connectivity index (χ1n) is 6.29. The number of benzene rings is 2. The van der Waals surface area contributed by atoms with Crippen molar-refractivity contribution in [1.29, 1.82) is 0 Å². The number of hydrogen-bond donors (Lipinski definition) is 2. The number of carbonyl (C=O) groups is 1. The molecule has 0 aliphatic heterocycles. The molecule has 6 heteroatoms. The van der Waals surface area contributed by atoms with Crippen LogP contribution in [-0.4, -0.2) is 19.1 Å². The lowest BCUT2D eigenvalue weighted by molar-refractivity contribution is 0.102. The molecule has 0 aliphatic rings. The maximum Gasteiger partial charge on any atom is 0.256 e. The van der Waals surface area contributed by atoms with E-state index in [1.54, 1.807) is 24.3 Å². The quantitative estimate of drug-likeness (QED) is 0.759. The highest BCUT2D eigenvalue weighted by Crippen LogP contribution is 2.18. The molecule has 3 N–H and O–H groups in total. The Kier molecular flexibility index (Phi) is 5.51. The summed E-state index contributed by atoms with van der Waals surface area (Å²) in [4.78, 5) is 12.1. The van der Waals surface area contributed by atoms with Gasteiger partial charge in [-0.05, 0) is 65.1 Å². The fraction of sp³-hybridized carbons (Fsp3) is 0.133. The lowest BCUT2D eigenvalue weighted by Crippen LogP contribution is -2.13. The highest BCUT2D eigenvalue weighted by molar-refractivity contribution is 14.1. The largest absolute Gasteiger partial charge is 0.492 e. The molecule has 0 unspecified atom stereocenters. The van der Waals surface area contributed by atoms with Crippen molar-refractivity contribution in [3.8, 4) is 5.75 Å². The van der Waals surface area contributed by atoms with Crippen LogP contribution in [0.1, 0.15) is 10.4 Å². The summed E-state index contributed by atoms with van der Waals surface area (Å²) in [6, 6.07) is 11.0. The smallest absolute Gasteiger partial charge is 0.256 e. The summed E-state index contributed by atoms with van der Waals surface area (Å²) in [5.41, 5.74) is 6.42. The normalized spacial score (nSPS) is 10.2. The second kappa shape index (κ2) is 7.37. The molecule has 0 saturated carbocycles. The van der Waals surface area contributed by atoms with Gasteiger partial charge in [0.2, 0.25) is 0 Å². The average Bonchev–Trinajstić information content (AvgIpc) is 2.46. The third-order valence-electron chi connectivity index (χ3n) is 2.67. The van der Waals surface area contributed by atoms with Gasteiger partial charge in [-0.25, -0.2) is 4.39 Å². The van der Waals surface area contributed by atoms with Crippen LogP contribution >= 0.6 is 22.6 Å². The Hall–Kier alpha value is -1.67. The maximum absolute atomic E-state index is 13.0. The highest BCUT2D eigenvalue weighted by Gasteiger charge is 2.11. The molecule has 4 nitrogen and oxygen atoms in total. The molecule has 2 aromatic carbocycles. The molecule has 0 radical (unpaired) electrons. The Bertz CT molecular complexity index is 632. The van der Waals surface area contributed by atoms with Crippen molar-refractivity contribution >= 4 is 34.2 Å². The fourth-order valence-corrected chi connectivity index (χ4v) is 2.41. The Morgan fingerprint density at radius 3 is 2.57 bits per heavy atom. The topological polar surface area (TPSA) is 64.3 Å². The van der Waals surface area contributed by atoms with Gasteiger partial charge in [0.15, 0.2) is 0 Å². The number of nitrogens with two attached hydrogens (primary N) is 1. The van der Waals surface area contributed by atoms with Crippen molar-refractivity contribution in [2.24, 2.45) is 5.73 Å². The second-order valence-electron chi connectivity index (χ2n) is 4.24. The SMILES string of the molecule is NCCOc1ccc(NC(=O)c2ccc(F)cc2I)cc1. The van der Waals surface area contributed by atoms with Crippen LogP contribution in [0.5, 0.6) is 5.75 Å². The molecule has 0 saturated heterocycles. The molecule has 21 heavy (non-hydrogen) atoms. The number of ether oxygens (including phenoxy) is 1. The van der Waals surface area contributed by atoms with Crippen LogP contribution in [0.4, 0.5) is 10.1 Å².